The molecule has 7 atom stereocenters. The lowest BCUT2D eigenvalue weighted by Crippen LogP contribution is -2.42. The van der Waals surface area contributed by atoms with E-state index in [1.807, 2.05) is 36.5 Å². The first kappa shape index (κ1) is 20.2. The maximum atomic E-state index is 13.7. The molecular formula is C24H18BrN3O3S2. The maximum Gasteiger partial charge on any atom is 0.305 e. The summed E-state index contributed by atoms with van der Waals surface area (Å²) in [6, 6.07) is 11.4. The minimum Gasteiger partial charge on any atom is -0.307 e. The third-order valence-electron chi connectivity index (χ3n) is 7.85. The van der Waals surface area contributed by atoms with E-state index in [1.54, 1.807) is 18.0 Å². The number of imide groups is 1. The lowest BCUT2D eigenvalue weighted by molar-refractivity contribution is -0.123. The van der Waals surface area contributed by atoms with Crippen molar-refractivity contribution in [2.24, 2.45) is 29.6 Å². The molecular weight excluding hydrogens is 522 g/mol. The van der Waals surface area contributed by atoms with Crippen molar-refractivity contribution in [1.29, 1.82) is 0 Å². The number of rotatable bonds is 2. The number of carbonyl (C=O) groups is 2. The average molecular weight is 540 g/mol. The zero-order valence-electron chi connectivity index (χ0n) is 17.2. The molecule has 6 unspecified atom stereocenters. The second kappa shape index (κ2) is 7.13. The summed E-state index contributed by atoms with van der Waals surface area (Å²) in [4.78, 5) is 49.3. The van der Waals surface area contributed by atoms with Crippen molar-refractivity contribution < 1.29 is 9.59 Å². The first-order chi connectivity index (χ1) is 16.0. The van der Waals surface area contributed by atoms with Crippen molar-refractivity contribution >= 4 is 56.5 Å². The Kier molecular flexibility index (Phi) is 4.36. The van der Waals surface area contributed by atoms with Crippen LogP contribution >= 0.6 is 39.0 Å². The number of aromatic amines is 1. The first-order valence-electron chi connectivity index (χ1n) is 11.0. The van der Waals surface area contributed by atoms with E-state index in [2.05, 4.69) is 32.0 Å². The highest BCUT2D eigenvalue weighted by atomic mass is 79.9. The number of thioether (sulfide) groups is 1. The number of H-pyrrole nitrogens is 1. The fourth-order valence-electron chi connectivity index (χ4n) is 6.79. The summed E-state index contributed by atoms with van der Waals surface area (Å²) in [5.74, 6) is -0.239. The number of thiazole rings is 1. The molecule has 6 nitrogen and oxygen atoms in total. The number of nitrogens with zero attached hydrogens (tertiary/aromatic N) is 2. The fourth-order valence-corrected chi connectivity index (χ4v) is 9.95. The number of benzene rings is 1. The Morgan fingerprint density at radius 3 is 2.52 bits per heavy atom. The van der Waals surface area contributed by atoms with E-state index in [0.29, 0.717) is 5.69 Å². The number of anilines is 1. The van der Waals surface area contributed by atoms with Gasteiger partial charge in [0.05, 0.1) is 22.5 Å². The van der Waals surface area contributed by atoms with Crippen molar-refractivity contribution in [3.8, 4) is 0 Å². The molecule has 166 valence electrons. The number of fused-ring (bicyclic) bond motifs is 9. The molecule has 3 aromatic rings. The molecule has 2 saturated carbocycles. The SMILES string of the molecule is O=C1C2C3CC(C2C(=O)N1c1ccc(Br)cc1)C1C3Sc2[nH]c(=O)sc2[C@@H]1c1cccnc1. The molecule has 7 rings (SSSR count). The average Bonchev–Trinajstić information content (AvgIpc) is 3.54. The van der Waals surface area contributed by atoms with Gasteiger partial charge in [-0.15, -0.1) is 11.8 Å². The predicted molar refractivity (Wildman–Crippen MR) is 129 cm³/mol. The van der Waals surface area contributed by atoms with Crippen molar-refractivity contribution in [3.63, 3.8) is 0 Å². The van der Waals surface area contributed by atoms with E-state index in [1.165, 1.54) is 16.2 Å². The summed E-state index contributed by atoms with van der Waals surface area (Å²) in [7, 11) is 0. The Morgan fingerprint density at radius 1 is 1.03 bits per heavy atom. The smallest absolute Gasteiger partial charge is 0.305 e. The number of nitrogens with one attached hydrogen (secondary N) is 1. The van der Waals surface area contributed by atoms with Gasteiger partial charge in [0.1, 0.15) is 0 Å². The number of hydrogen-bond acceptors (Lipinski definition) is 6. The van der Waals surface area contributed by atoms with Crippen LogP contribution in [-0.2, 0) is 9.59 Å². The molecule has 0 spiro atoms. The molecule has 2 aliphatic carbocycles. The van der Waals surface area contributed by atoms with E-state index in [0.717, 1.165) is 26.4 Å². The van der Waals surface area contributed by atoms with Gasteiger partial charge >= 0.3 is 4.87 Å². The van der Waals surface area contributed by atoms with Crippen LogP contribution in [0.4, 0.5) is 5.69 Å². The topological polar surface area (TPSA) is 83.1 Å². The first-order valence-corrected chi connectivity index (χ1v) is 13.4. The number of carbonyl (C=O) groups excluding carboxylic acids is 2. The lowest BCUT2D eigenvalue weighted by atomic mass is 9.68. The summed E-state index contributed by atoms with van der Waals surface area (Å²) < 4.78 is 0.910. The highest BCUT2D eigenvalue weighted by molar-refractivity contribution is 9.10. The summed E-state index contributed by atoms with van der Waals surface area (Å²) in [6.07, 6.45) is 4.52. The van der Waals surface area contributed by atoms with Gasteiger partial charge in [0.25, 0.3) is 0 Å². The molecule has 1 N–H and O–H groups in total. The summed E-state index contributed by atoms with van der Waals surface area (Å²) >= 11 is 6.40. The second-order valence-corrected chi connectivity index (χ2v) is 12.4. The normalized spacial score (nSPS) is 33.8. The molecule has 0 radical (unpaired) electrons. The minimum atomic E-state index is -0.288. The van der Waals surface area contributed by atoms with Gasteiger partial charge in [-0.1, -0.05) is 33.3 Å². The molecule has 1 aromatic carbocycles. The van der Waals surface area contributed by atoms with Crippen LogP contribution in [0.2, 0.25) is 0 Å². The fraction of sp³-hybridized carbons (Fsp3) is 0.333. The monoisotopic (exact) mass is 539 g/mol. The molecule has 2 bridgehead atoms. The molecule has 1 saturated heterocycles. The highest BCUT2D eigenvalue weighted by Crippen LogP contribution is 2.68. The van der Waals surface area contributed by atoms with Crippen molar-refractivity contribution in [2.45, 2.75) is 22.6 Å². The van der Waals surface area contributed by atoms with Gasteiger partial charge in [-0.25, -0.2) is 0 Å². The maximum absolute atomic E-state index is 13.7. The molecule has 4 heterocycles. The predicted octanol–water partition coefficient (Wildman–Crippen LogP) is 4.27. The van der Waals surface area contributed by atoms with Crippen LogP contribution in [0.25, 0.3) is 0 Å². The van der Waals surface area contributed by atoms with Gasteiger partial charge in [-0.05, 0) is 60.1 Å². The Bertz CT molecular complexity index is 1360. The Labute approximate surface area is 205 Å². The minimum absolute atomic E-state index is 0.0180. The van der Waals surface area contributed by atoms with E-state index >= 15 is 0 Å². The Morgan fingerprint density at radius 2 is 1.79 bits per heavy atom. The highest BCUT2D eigenvalue weighted by Gasteiger charge is 2.69. The molecule has 2 aliphatic heterocycles. The molecule has 2 aromatic heterocycles. The number of halogens is 1. The second-order valence-electron chi connectivity index (χ2n) is 9.24. The summed E-state index contributed by atoms with van der Waals surface area (Å²) in [5, 5.41) is 1.12. The Hall–Kier alpha value is -2.23. The van der Waals surface area contributed by atoms with E-state index in [-0.39, 0.29) is 57.4 Å². The van der Waals surface area contributed by atoms with Crippen molar-refractivity contribution in [1.82, 2.24) is 9.97 Å². The van der Waals surface area contributed by atoms with Crippen LogP contribution in [0.5, 0.6) is 0 Å². The van der Waals surface area contributed by atoms with Gasteiger partial charge in [0, 0.05) is 32.9 Å². The van der Waals surface area contributed by atoms with E-state index in [9.17, 15) is 14.4 Å². The molecule has 2 amide bonds. The van der Waals surface area contributed by atoms with Crippen molar-refractivity contribution in [3.05, 3.63) is 73.4 Å². The van der Waals surface area contributed by atoms with E-state index < -0.39 is 0 Å². The molecule has 33 heavy (non-hydrogen) atoms. The molecule has 4 aliphatic rings. The van der Waals surface area contributed by atoms with Crippen molar-refractivity contribution in [2.75, 3.05) is 4.90 Å². The van der Waals surface area contributed by atoms with Crippen LogP contribution in [-0.4, -0.2) is 27.0 Å². The third-order valence-corrected chi connectivity index (χ3v) is 11.0. The Balaban J connectivity index is 1.33. The summed E-state index contributed by atoms with van der Waals surface area (Å²) in [6.45, 7) is 0. The van der Waals surface area contributed by atoms with E-state index in [4.69, 9.17) is 0 Å². The standard InChI is InChI=1S/C24H18BrN3O3S2/c25-11-3-5-12(6-4-11)28-22(29)17-13-8-14(18(17)23(28)30)19-16(13)15(10-2-1-7-26-9-10)20-21(32-19)27-24(31)33-20/h1-7,9,13-19H,8H2,(H,27,31)/t13?,14?,15-,16?,17?,18?,19?/m1/s1. The zero-order valence-corrected chi connectivity index (χ0v) is 20.4. The zero-order chi connectivity index (χ0) is 22.4. The number of amides is 2. The molecule has 9 heteroatoms. The number of pyridine rings is 1. The van der Waals surface area contributed by atoms with Gasteiger partial charge in [0.15, 0.2) is 0 Å². The summed E-state index contributed by atoms with van der Waals surface area (Å²) in [5.41, 5.74) is 1.72. The van der Waals surface area contributed by atoms with Crippen LogP contribution in [0, 0.1) is 29.6 Å². The van der Waals surface area contributed by atoms with Gasteiger partial charge in [0.2, 0.25) is 11.8 Å². The largest absolute Gasteiger partial charge is 0.307 e. The number of hydrogen-bond donors (Lipinski definition) is 1. The van der Waals surface area contributed by atoms with Crippen LogP contribution in [0.3, 0.4) is 0 Å². The van der Waals surface area contributed by atoms with Gasteiger partial charge in [-0.3, -0.25) is 24.3 Å². The van der Waals surface area contributed by atoms with Gasteiger partial charge < -0.3 is 4.98 Å². The van der Waals surface area contributed by atoms with Crippen LogP contribution < -0.4 is 9.77 Å². The van der Waals surface area contributed by atoms with Crippen LogP contribution in [0.15, 0.2) is 63.1 Å². The number of aromatic nitrogens is 2. The quantitative estimate of drug-likeness (QED) is 0.491. The lowest BCUT2D eigenvalue weighted by Gasteiger charge is -2.42. The molecule has 3 fully saturated rings. The third kappa shape index (κ3) is 2.73. The van der Waals surface area contributed by atoms with Crippen LogP contribution in [0.1, 0.15) is 22.8 Å². The van der Waals surface area contributed by atoms with Gasteiger partial charge in [-0.2, -0.15) is 0 Å².